The number of hydrogen-bond donors (Lipinski definition) is 6. The van der Waals surface area contributed by atoms with Crippen molar-refractivity contribution in [2.75, 3.05) is 0 Å². The van der Waals surface area contributed by atoms with Crippen LogP contribution in [-0.4, -0.2) is 58.9 Å². The summed E-state index contributed by atoms with van der Waals surface area (Å²) in [5.74, 6) is -4.28. The van der Waals surface area contributed by atoms with Crippen molar-refractivity contribution in [1.29, 1.82) is 0 Å². The van der Waals surface area contributed by atoms with E-state index in [-0.39, 0.29) is 25.2 Å². The van der Waals surface area contributed by atoms with E-state index in [9.17, 15) is 29.1 Å². The van der Waals surface area contributed by atoms with Crippen molar-refractivity contribution in [3.8, 4) is 0 Å². The van der Waals surface area contributed by atoms with Crippen molar-refractivity contribution in [1.82, 2.24) is 16.0 Å². The van der Waals surface area contributed by atoms with Crippen LogP contribution in [0.2, 0.25) is 0 Å². The van der Waals surface area contributed by atoms with E-state index in [1.54, 1.807) is 30.3 Å². The summed E-state index contributed by atoms with van der Waals surface area (Å²) in [6.07, 6.45) is -0.0253. The number of nitrogens with two attached hydrogens (primary N) is 2. The molecule has 4 amide bonds. The van der Waals surface area contributed by atoms with Gasteiger partial charge in [-0.15, -0.1) is 0 Å². The normalized spacial score (nSPS) is 13.9. The third-order valence-electron chi connectivity index (χ3n) is 5.91. The van der Waals surface area contributed by atoms with Crippen molar-refractivity contribution >= 4 is 29.6 Å². The second kappa shape index (κ2) is 15.2. The van der Waals surface area contributed by atoms with Gasteiger partial charge in [0.05, 0.1) is 12.5 Å². The predicted molar refractivity (Wildman–Crippen MR) is 145 cm³/mol. The van der Waals surface area contributed by atoms with Crippen molar-refractivity contribution in [3.63, 3.8) is 0 Å². The van der Waals surface area contributed by atoms with Crippen molar-refractivity contribution in [2.45, 2.75) is 63.7 Å². The quantitative estimate of drug-likeness (QED) is 0.187. The Hall–Kier alpha value is -4.25. The number of primary amides is 1. The molecule has 2 aromatic rings. The van der Waals surface area contributed by atoms with E-state index in [0.717, 1.165) is 5.56 Å². The lowest BCUT2D eigenvalue weighted by molar-refractivity contribution is -0.143. The van der Waals surface area contributed by atoms with Gasteiger partial charge in [-0.2, -0.15) is 0 Å². The Labute approximate surface area is 227 Å². The Kier molecular flexibility index (Phi) is 12.1. The molecule has 0 aliphatic carbocycles. The Balaban J connectivity index is 2.20. The van der Waals surface area contributed by atoms with Gasteiger partial charge in [0, 0.05) is 6.42 Å². The predicted octanol–water partition coefficient (Wildman–Crippen LogP) is 0.260. The highest BCUT2D eigenvalue weighted by Crippen LogP contribution is 2.10. The lowest BCUT2D eigenvalue weighted by Gasteiger charge is -2.26. The van der Waals surface area contributed by atoms with Crippen molar-refractivity contribution < 1.29 is 29.1 Å². The fourth-order valence-electron chi connectivity index (χ4n) is 3.95. The van der Waals surface area contributed by atoms with Gasteiger partial charge in [0.15, 0.2) is 0 Å². The number of carbonyl (C=O) groups excluding carboxylic acids is 4. The summed E-state index contributed by atoms with van der Waals surface area (Å²) in [5, 5.41) is 17.0. The fourth-order valence-corrected chi connectivity index (χ4v) is 3.95. The number of benzene rings is 2. The van der Waals surface area contributed by atoms with Crippen LogP contribution in [-0.2, 0) is 36.8 Å². The standard InChI is InChI=1S/C28H37N5O6/c1-17(2)13-21(31-25(35)20(29)14-18-9-5-3-6-10-18)26(36)32-22(15-19-11-7-4-8-12-19)27(37)33-23(28(38)39)16-24(30)34/h3-12,17,20-23H,13-16,29H2,1-2H3,(H2,30,34)(H,31,35)(H,32,36)(H,33,37)(H,38,39). The van der Waals surface area contributed by atoms with Gasteiger partial charge in [0.25, 0.3) is 0 Å². The zero-order valence-corrected chi connectivity index (χ0v) is 22.1. The maximum Gasteiger partial charge on any atom is 0.326 e. The number of hydrogen-bond acceptors (Lipinski definition) is 6. The Bertz CT molecular complexity index is 1130. The molecule has 0 aliphatic rings. The van der Waals surface area contributed by atoms with Crippen LogP contribution in [0.1, 0.15) is 37.8 Å². The molecular weight excluding hydrogens is 502 g/mol. The second-order valence-electron chi connectivity index (χ2n) is 9.81. The van der Waals surface area contributed by atoms with E-state index >= 15 is 0 Å². The van der Waals surface area contributed by atoms with Crippen LogP contribution in [0.25, 0.3) is 0 Å². The van der Waals surface area contributed by atoms with Crippen LogP contribution in [0, 0.1) is 5.92 Å². The molecule has 0 spiro atoms. The maximum absolute atomic E-state index is 13.4. The summed E-state index contributed by atoms with van der Waals surface area (Å²) in [6.45, 7) is 3.76. The second-order valence-corrected chi connectivity index (χ2v) is 9.81. The van der Waals surface area contributed by atoms with Crippen LogP contribution in [0.5, 0.6) is 0 Å². The Morgan fingerprint density at radius 2 is 1.18 bits per heavy atom. The number of carboxylic acids is 1. The van der Waals surface area contributed by atoms with Crippen LogP contribution in [0.3, 0.4) is 0 Å². The molecule has 8 N–H and O–H groups in total. The van der Waals surface area contributed by atoms with Crippen LogP contribution in [0.15, 0.2) is 60.7 Å². The molecule has 0 radical (unpaired) electrons. The van der Waals surface area contributed by atoms with Crippen LogP contribution < -0.4 is 27.4 Å². The monoisotopic (exact) mass is 539 g/mol. The highest BCUT2D eigenvalue weighted by atomic mass is 16.4. The first-order valence-electron chi connectivity index (χ1n) is 12.7. The average Bonchev–Trinajstić information content (AvgIpc) is 2.88. The van der Waals surface area contributed by atoms with E-state index in [4.69, 9.17) is 11.5 Å². The maximum atomic E-state index is 13.4. The highest BCUT2D eigenvalue weighted by molar-refractivity contribution is 5.95. The van der Waals surface area contributed by atoms with E-state index in [1.807, 2.05) is 44.2 Å². The van der Waals surface area contributed by atoms with Crippen molar-refractivity contribution in [2.24, 2.45) is 17.4 Å². The third kappa shape index (κ3) is 10.9. The molecule has 0 heterocycles. The van der Waals surface area contributed by atoms with E-state index < -0.39 is 60.2 Å². The van der Waals surface area contributed by atoms with E-state index in [1.165, 1.54) is 0 Å². The molecule has 0 fully saturated rings. The molecule has 2 rings (SSSR count). The highest BCUT2D eigenvalue weighted by Gasteiger charge is 2.31. The largest absolute Gasteiger partial charge is 0.480 e. The molecular formula is C28H37N5O6. The lowest BCUT2D eigenvalue weighted by Crippen LogP contribution is -2.58. The summed E-state index contributed by atoms with van der Waals surface area (Å²) in [7, 11) is 0. The van der Waals surface area contributed by atoms with Gasteiger partial charge in [-0.1, -0.05) is 74.5 Å². The molecule has 0 aromatic heterocycles. The topological polar surface area (TPSA) is 194 Å². The van der Waals surface area contributed by atoms with Gasteiger partial charge >= 0.3 is 5.97 Å². The van der Waals surface area contributed by atoms with Gasteiger partial charge in [-0.05, 0) is 29.9 Å². The number of rotatable bonds is 15. The first-order chi connectivity index (χ1) is 18.5. The molecule has 4 unspecified atom stereocenters. The molecule has 210 valence electrons. The van der Waals surface area contributed by atoms with E-state index in [0.29, 0.717) is 5.56 Å². The van der Waals surface area contributed by atoms with Gasteiger partial charge in [-0.3, -0.25) is 19.2 Å². The lowest BCUT2D eigenvalue weighted by atomic mass is 10.00. The minimum atomic E-state index is -1.56. The molecule has 2 aromatic carbocycles. The molecule has 11 heteroatoms. The Morgan fingerprint density at radius 1 is 0.718 bits per heavy atom. The fraction of sp³-hybridized carbons (Fsp3) is 0.393. The van der Waals surface area contributed by atoms with Gasteiger partial charge in [0.1, 0.15) is 18.1 Å². The van der Waals surface area contributed by atoms with Gasteiger partial charge in [0.2, 0.25) is 23.6 Å². The summed E-state index contributed by atoms with van der Waals surface area (Å²) in [5.41, 5.74) is 12.8. The minimum absolute atomic E-state index is 0.0137. The molecule has 0 bridgehead atoms. The first kappa shape index (κ1) is 31.0. The summed E-state index contributed by atoms with van der Waals surface area (Å²) >= 11 is 0. The minimum Gasteiger partial charge on any atom is -0.480 e. The third-order valence-corrected chi connectivity index (χ3v) is 5.91. The molecule has 11 nitrogen and oxygen atoms in total. The van der Waals surface area contributed by atoms with Gasteiger partial charge in [-0.25, -0.2) is 4.79 Å². The number of aliphatic carboxylic acids is 1. The first-order valence-corrected chi connectivity index (χ1v) is 12.7. The molecule has 0 saturated carbocycles. The van der Waals surface area contributed by atoms with Crippen LogP contribution in [0.4, 0.5) is 0 Å². The van der Waals surface area contributed by atoms with Crippen molar-refractivity contribution in [3.05, 3.63) is 71.8 Å². The van der Waals surface area contributed by atoms with Crippen LogP contribution >= 0.6 is 0 Å². The number of amides is 4. The number of carboxylic acid groups (broad SMARTS) is 1. The zero-order chi connectivity index (χ0) is 28.9. The summed E-state index contributed by atoms with van der Waals surface area (Å²) in [4.78, 5) is 62.2. The van der Waals surface area contributed by atoms with E-state index in [2.05, 4.69) is 16.0 Å². The average molecular weight is 540 g/mol. The van der Waals surface area contributed by atoms with Gasteiger partial charge < -0.3 is 32.5 Å². The molecule has 39 heavy (non-hydrogen) atoms. The number of carbonyl (C=O) groups is 5. The SMILES string of the molecule is CC(C)CC(NC(=O)C(N)Cc1ccccc1)C(=O)NC(Cc1ccccc1)C(=O)NC(CC(N)=O)C(=O)O. The molecule has 4 atom stereocenters. The molecule has 0 saturated heterocycles. The smallest absolute Gasteiger partial charge is 0.326 e. The summed E-state index contributed by atoms with van der Waals surface area (Å²) < 4.78 is 0. The molecule has 0 aliphatic heterocycles. The number of nitrogens with one attached hydrogen (secondary N) is 3. The Morgan fingerprint density at radius 3 is 1.67 bits per heavy atom. The zero-order valence-electron chi connectivity index (χ0n) is 22.1. The summed E-state index contributed by atoms with van der Waals surface area (Å²) in [6, 6.07) is 13.4.